The third kappa shape index (κ3) is 4.18. The monoisotopic (exact) mass is 294 g/mol. The molecule has 1 amide bonds. The Morgan fingerprint density at radius 2 is 1.95 bits per heavy atom. The number of hydrogen-bond acceptors (Lipinski definition) is 4. The van der Waals surface area contributed by atoms with E-state index in [1.54, 1.807) is 48.5 Å². The van der Waals surface area contributed by atoms with Gasteiger partial charge < -0.3 is 10.1 Å². The first kappa shape index (κ1) is 15.3. The molecule has 0 saturated heterocycles. The molecule has 2 rings (SSSR count). The van der Waals surface area contributed by atoms with Crippen molar-refractivity contribution in [2.75, 3.05) is 11.9 Å². The zero-order valence-electron chi connectivity index (χ0n) is 12.0. The zero-order valence-corrected chi connectivity index (χ0v) is 12.0. The van der Waals surface area contributed by atoms with Crippen LogP contribution in [0.4, 0.5) is 5.69 Å². The highest BCUT2D eigenvalue weighted by molar-refractivity contribution is 5.97. The number of rotatable bonds is 5. The number of ketones is 1. The summed E-state index contributed by atoms with van der Waals surface area (Å²) in [5.41, 5.74) is 1.53. The van der Waals surface area contributed by atoms with Gasteiger partial charge in [0.15, 0.2) is 12.4 Å². The highest BCUT2D eigenvalue weighted by atomic mass is 16.5. The first-order valence-corrected chi connectivity index (χ1v) is 6.62. The van der Waals surface area contributed by atoms with E-state index in [1.807, 2.05) is 6.07 Å². The van der Waals surface area contributed by atoms with Gasteiger partial charge in [-0.05, 0) is 37.3 Å². The summed E-state index contributed by atoms with van der Waals surface area (Å²) in [6.07, 6.45) is 0. The molecular weight excluding hydrogens is 280 g/mol. The van der Waals surface area contributed by atoms with Crippen LogP contribution in [-0.4, -0.2) is 18.3 Å². The Balaban J connectivity index is 1.94. The maximum atomic E-state index is 11.8. The lowest BCUT2D eigenvalue weighted by Crippen LogP contribution is -2.20. The van der Waals surface area contributed by atoms with Crippen molar-refractivity contribution in [3.63, 3.8) is 0 Å². The topological polar surface area (TPSA) is 79.2 Å². The van der Waals surface area contributed by atoms with Crippen LogP contribution in [0.25, 0.3) is 0 Å². The van der Waals surface area contributed by atoms with Gasteiger partial charge >= 0.3 is 0 Å². The van der Waals surface area contributed by atoms with E-state index in [4.69, 9.17) is 10.00 Å². The second kappa shape index (κ2) is 7.04. The lowest BCUT2D eigenvalue weighted by Gasteiger charge is -2.08. The van der Waals surface area contributed by atoms with Crippen LogP contribution < -0.4 is 10.1 Å². The predicted octanol–water partition coefficient (Wildman–Crippen LogP) is 2.78. The number of nitriles is 1. The summed E-state index contributed by atoms with van der Waals surface area (Å²) in [5, 5.41) is 11.4. The number of nitrogens with one attached hydrogen (secondary N) is 1. The molecule has 5 heteroatoms. The molecule has 0 aromatic heterocycles. The summed E-state index contributed by atoms with van der Waals surface area (Å²) in [6, 6.07) is 15.2. The van der Waals surface area contributed by atoms with Gasteiger partial charge in [-0.1, -0.05) is 18.2 Å². The van der Waals surface area contributed by atoms with Gasteiger partial charge in [-0.15, -0.1) is 0 Å². The number of ether oxygens (including phenoxy) is 1. The number of Topliss-reactive ketones (excluding diaryl/α,β-unsaturated/α-hetero) is 1. The molecule has 0 heterocycles. The van der Waals surface area contributed by atoms with Crippen LogP contribution in [0.15, 0.2) is 48.5 Å². The van der Waals surface area contributed by atoms with E-state index in [9.17, 15) is 9.59 Å². The van der Waals surface area contributed by atoms with E-state index in [0.29, 0.717) is 22.6 Å². The Bertz CT molecular complexity index is 748. The quantitative estimate of drug-likeness (QED) is 0.860. The fourth-order valence-corrected chi connectivity index (χ4v) is 1.82. The van der Waals surface area contributed by atoms with E-state index in [0.717, 1.165) is 0 Å². The molecule has 0 aliphatic heterocycles. The lowest BCUT2D eigenvalue weighted by atomic mass is 10.1. The van der Waals surface area contributed by atoms with Crippen molar-refractivity contribution >= 4 is 17.4 Å². The third-order valence-corrected chi connectivity index (χ3v) is 2.89. The number of nitrogens with zero attached hydrogens (tertiary/aromatic N) is 1. The van der Waals surface area contributed by atoms with Crippen molar-refractivity contribution in [1.29, 1.82) is 5.26 Å². The van der Waals surface area contributed by atoms with E-state index < -0.39 is 0 Å². The molecule has 1 N–H and O–H groups in total. The maximum absolute atomic E-state index is 11.8. The molecule has 0 fully saturated rings. The van der Waals surface area contributed by atoms with Gasteiger partial charge in [0.25, 0.3) is 5.91 Å². The largest absolute Gasteiger partial charge is 0.484 e. The number of benzene rings is 2. The van der Waals surface area contributed by atoms with Crippen LogP contribution in [0.2, 0.25) is 0 Å². The second-order valence-electron chi connectivity index (χ2n) is 4.61. The minimum atomic E-state index is -0.344. The van der Waals surface area contributed by atoms with E-state index in [2.05, 4.69) is 5.32 Å². The molecule has 2 aromatic carbocycles. The van der Waals surface area contributed by atoms with Crippen molar-refractivity contribution in [3.8, 4) is 11.8 Å². The summed E-state index contributed by atoms with van der Waals surface area (Å²) in [4.78, 5) is 23.1. The SMILES string of the molecule is CC(=O)c1cccc(NC(=O)COc2cccc(C#N)c2)c1. The summed E-state index contributed by atoms with van der Waals surface area (Å²) in [5.74, 6) is 0.0374. The first-order valence-electron chi connectivity index (χ1n) is 6.62. The molecule has 0 aliphatic carbocycles. The number of carbonyl (C=O) groups excluding carboxylic acids is 2. The van der Waals surface area contributed by atoms with Crippen LogP contribution in [0.3, 0.4) is 0 Å². The Morgan fingerprint density at radius 3 is 2.68 bits per heavy atom. The molecule has 2 aromatic rings. The van der Waals surface area contributed by atoms with E-state index in [-0.39, 0.29) is 18.3 Å². The molecule has 5 nitrogen and oxygen atoms in total. The van der Waals surface area contributed by atoms with Gasteiger partial charge in [0, 0.05) is 11.3 Å². The summed E-state index contributed by atoms with van der Waals surface area (Å²) in [6.45, 7) is 1.28. The van der Waals surface area contributed by atoms with Gasteiger partial charge in [0.2, 0.25) is 0 Å². The zero-order chi connectivity index (χ0) is 15.9. The average Bonchev–Trinajstić information content (AvgIpc) is 2.53. The fraction of sp³-hybridized carbons (Fsp3) is 0.118. The van der Waals surface area contributed by atoms with Gasteiger partial charge in [-0.25, -0.2) is 0 Å². The summed E-state index contributed by atoms with van der Waals surface area (Å²) >= 11 is 0. The molecule has 0 atom stereocenters. The molecule has 0 bridgehead atoms. The highest BCUT2D eigenvalue weighted by Gasteiger charge is 2.06. The lowest BCUT2D eigenvalue weighted by molar-refractivity contribution is -0.118. The van der Waals surface area contributed by atoms with Gasteiger partial charge in [-0.2, -0.15) is 5.26 Å². The third-order valence-electron chi connectivity index (χ3n) is 2.89. The Labute approximate surface area is 128 Å². The molecule has 0 radical (unpaired) electrons. The molecule has 0 unspecified atom stereocenters. The minimum Gasteiger partial charge on any atom is -0.484 e. The number of hydrogen-bond donors (Lipinski definition) is 1. The van der Waals surface area contributed by atoms with Crippen molar-refractivity contribution in [1.82, 2.24) is 0 Å². The molecule has 0 saturated carbocycles. The maximum Gasteiger partial charge on any atom is 0.262 e. The van der Waals surface area contributed by atoms with Crippen LogP contribution in [0.5, 0.6) is 5.75 Å². The second-order valence-corrected chi connectivity index (χ2v) is 4.61. The van der Waals surface area contributed by atoms with Crippen molar-refractivity contribution < 1.29 is 14.3 Å². The summed E-state index contributed by atoms with van der Waals surface area (Å²) in [7, 11) is 0. The normalized spacial score (nSPS) is 9.64. The highest BCUT2D eigenvalue weighted by Crippen LogP contribution is 2.13. The predicted molar refractivity (Wildman–Crippen MR) is 81.7 cm³/mol. The Kier molecular flexibility index (Phi) is 4.89. The smallest absolute Gasteiger partial charge is 0.262 e. The number of anilines is 1. The Hall–Kier alpha value is -3.13. The standard InChI is InChI=1S/C17H14N2O3/c1-12(20)14-5-3-6-15(9-14)19-17(21)11-22-16-7-2-4-13(8-16)10-18/h2-9H,11H2,1H3,(H,19,21). The molecule has 110 valence electrons. The minimum absolute atomic E-state index is 0.0688. The fourth-order valence-electron chi connectivity index (χ4n) is 1.82. The van der Waals surface area contributed by atoms with Crippen molar-refractivity contribution in [2.24, 2.45) is 0 Å². The Morgan fingerprint density at radius 1 is 1.18 bits per heavy atom. The first-order chi connectivity index (χ1) is 10.6. The molecule has 22 heavy (non-hydrogen) atoms. The van der Waals surface area contributed by atoms with E-state index >= 15 is 0 Å². The van der Waals surface area contributed by atoms with Crippen LogP contribution in [0, 0.1) is 11.3 Å². The van der Waals surface area contributed by atoms with Crippen molar-refractivity contribution in [3.05, 3.63) is 59.7 Å². The van der Waals surface area contributed by atoms with Crippen LogP contribution >= 0.6 is 0 Å². The van der Waals surface area contributed by atoms with Gasteiger partial charge in [-0.3, -0.25) is 9.59 Å². The van der Waals surface area contributed by atoms with Gasteiger partial charge in [0.1, 0.15) is 5.75 Å². The molecular formula is C17H14N2O3. The molecule has 0 spiro atoms. The number of carbonyl (C=O) groups is 2. The van der Waals surface area contributed by atoms with Gasteiger partial charge in [0.05, 0.1) is 11.6 Å². The van der Waals surface area contributed by atoms with Crippen LogP contribution in [0.1, 0.15) is 22.8 Å². The van der Waals surface area contributed by atoms with E-state index in [1.165, 1.54) is 6.92 Å². The van der Waals surface area contributed by atoms with Crippen molar-refractivity contribution in [2.45, 2.75) is 6.92 Å². The van der Waals surface area contributed by atoms with Crippen LogP contribution in [-0.2, 0) is 4.79 Å². The summed E-state index contributed by atoms with van der Waals surface area (Å²) < 4.78 is 5.33. The average molecular weight is 294 g/mol. The molecule has 0 aliphatic rings. The number of amides is 1.